The number of fused-ring (bicyclic) bond motifs is 1. The van der Waals surface area contributed by atoms with Crippen LogP contribution in [-0.2, 0) is 12.8 Å². The first-order chi connectivity index (χ1) is 15.6. The first-order valence-corrected chi connectivity index (χ1v) is 10.7. The van der Waals surface area contributed by atoms with Gasteiger partial charge in [0.05, 0.1) is 17.6 Å². The van der Waals surface area contributed by atoms with Gasteiger partial charge in [0, 0.05) is 22.7 Å². The maximum absolute atomic E-state index is 10.6. The Morgan fingerprint density at radius 1 is 0.848 bits per heavy atom. The second-order valence-electron chi connectivity index (χ2n) is 7.55. The fourth-order valence-corrected chi connectivity index (χ4v) is 4.10. The lowest BCUT2D eigenvalue weighted by atomic mass is 9.99. The zero-order valence-corrected chi connectivity index (χ0v) is 17.9. The van der Waals surface area contributed by atoms with Crippen molar-refractivity contribution in [3.63, 3.8) is 0 Å². The molecule has 0 spiro atoms. The molecule has 0 aliphatic carbocycles. The predicted molar refractivity (Wildman–Crippen MR) is 129 cm³/mol. The van der Waals surface area contributed by atoms with Gasteiger partial charge in [-0.1, -0.05) is 37.2 Å². The van der Waals surface area contributed by atoms with Gasteiger partial charge in [-0.05, 0) is 54.3 Å². The summed E-state index contributed by atoms with van der Waals surface area (Å²) in [6.45, 7) is 1.02. The zero-order chi connectivity index (χ0) is 22.1. The highest BCUT2D eigenvalue weighted by Crippen LogP contribution is 2.38. The minimum atomic E-state index is -0.0247. The number of phenolic OH excluding ortho intramolecular Hbond substituents is 2. The molecule has 2 N–H and O–H groups in total. The number of hydrogen-bond acceptors (Lipinski definition) is 5. The van der Waals surface area contributed by atoms with Gasteiger partial charge in [0.25, 0.3) is 0 Å². The van der Waals surface area contributed by atoms with Crippen LogP contribution in [-0.4, -0.2) is 33.2 Å². The fourth-order valence-electron chi connectivity index (χ4n) is 3.87. The van der Waals surface area contributed by atoms with E-state index in [-0.39, 0.29) is 18.9 Å². The molecule has 1 aliphatic rings. The second kappa shape index (κ2) is 9.46. The Hall–Kier alpha value is -3.64. The average molecular weight is 465 g/mol. The first-order valence-electron chi connectivity index (χ1n) is 10.3. The van der Waals surface area contributed by atoms with Crippen molar-refractivity contribution in [2.75, 3.05) is 13.2 Å². The first kappa shape index (κ1) is 22.6. The number of aromatic hydroxyl groups is 2. The minimum absolute atomic E-state index is 0. The Labute approximate surface area is 197 Å². The van der Waals surface area contributed by atoms with Gasteiger partial charge < -0.3 is 19.7 Å². The second-order valence-corrected chi connectivity index (χ2v) is 7.95. The van der Waals surface area contributed by atoms with E-state index < -0.39 is 0 Å². The van der Waals surface area contributed by atoms with E-state index in [9.17, 15) is 10.2 Å². The summed E-state index contributed by atoms with van der Waals surface area (Å²) in [6, 6.07) is 18.2. The van der Waals surface area contributed by atoms with Crippen molar-refractivity contribution >= 4 is 11.6 Å². The van der Waals surface area contributed by atoms with Crippen molar-refractivity contribution in [3.05, 3.63) is 83.0 Å². The average Bonchev–Trinajstić information content (AvgIpc) is 3.29. The van der Waals surface area contributed by atoms with E-state index in [1.165, 1.54) is 6.07 Å². The van der Waals surface area contributed by atoms with Crippen LogP contribution in [0.1, 0.15) is 18.6 Å². The molecule has 0 radical (unpaired) electrons. The van der Waals surface area contributed by atoms with E-state index in [0.29, 0.717) is 59.4 Å². The van der Waals surface area contributed by atoms with Crippen LogP contribution < -0.4 is 9.47 Å². The Balaban J connectivity index is 0.00000259. The number of halogens is 1. The monoisotopic (exact) mass is 464 g/mol. The Kier molecular flexibility index (Phi) is 6.47. The lowest BCUT2D eigenvalue weighted by Gasteiger charge is -2.19. The van der Waals surface area contributed by atoms with E-state index >= 15 is 0 Å². The molecular weight excluding hydrogens is 440 g/mol. The summed E-state index contributed by atoms with van der Waals surface area (Å²) in [5.41, 5.74) is 3.76. The molecule has 7 heteroatoms. The zero-order valence-electron chi connectivity index (χ0n) is 17.2. The highest BCUT2D eigenvalue weighted by atomic mass is 35.5. The number of aryl methyl sites for hydroxylation is 2. The van der Waals surface area contributed by atoms with Crippen LogP contribution in [0.4, 0.5) is 0 Å². The van der Waals surface area contributed by atoms with E-state index in [0.717, 1.165) is 11.3 Å². The lowest BCUT2D eigenvalue weighted by molar-refractivity contribution is 0.171. The third kappa shape index (κ3) is 4.47. The van der Waals surface area contributed by atoms with Crippen molar-refractivity contribution in [2.24, 2.45) is 0 Å². The molecule has 0 saturated carbocycles. The quantitative estimate of drug-likeness (QED) is 0.390. The van der Waals surface area contributed by atoms with Gasteiger partial charge in [-0.3, -0.25) is 0 Å². The number of nitrogens with zero attached hydrogens (tertiary/aromatic N) is 2. The molecule has 2 heterocycles. The van der Waals surface area contributed by atoms with Gasteiger partial charge in [0.1, 0.15) is 24.7 Å². The van der Waals surface area contributed by atoms with Gasteiger partial charge >= 0.3 is 0 Å². The summed E-state index contributed by atoms with van der Waals surface area (Å²) in [4.78, 5) is 0. The third-order valence-electron chi connectivity index (χ3n) is 5.51. The Morgan fingerprint density at radius 2 is 1.61 bits per heavy atom. The molecule has 6 nitrogen and oxygen atoms in total. The molecule has 1 aromatic heterocycles. The van der Waals surface area contributed by atoms with E-state index in [2.05, 4.69) is 5.10 Å². The molecule has 3 aromatic carbocycles. The van der Waals surface area contributed by atoms with E-state index in [4.69, 9.17) is 21.1 Å². The predicted octanol–water partition coefficient (Wildman–Crippen LogP) is 5.80. The van der Waals surface area contributed by atoms with Crippen molar-refractivity contribution in [1.29, 1.82) is 0 Å². The Bertz CT molecular complexity index is 1290. The highest BCUT2D eigenvalue weighted by Gasteiger charge is 2.18. The van der Waals surface area contributed by atoms with E-state index in [1.807, 2.05) is 48.5 Å². The number of aromatic nitrogens is 2. The largest absolute Gasteiger partial charge is 0.508 e. The molecule has 0 fully saturated rings. The van der Waals surface area contributed by atoms with Crippen LogP contribution in [0, 0.1) is 0 Å². The Morgan fingerprint density at radius 3 is 2.42 bits per heavy atom. The third-order valence-corrected chi connectivity index (χ3v) is 5.88. The van der Waals surface area contributed by atoms with Crippen molar-refractivity contribution in [2.45, 2.75) is 20.3 Å². The van der Waals surface area contributed by atoms with Crippen molar-refractivity contribution < 1.29 is 19.7 Å². The lowest BCUT2D eigenvalue weighted by Crippen LogP contribution is -2.15. The molecule has 0 amide bonds. The smallest absolute Gasteiger partial charge is 0.163 e. The van der Waals surface area contributed by atoms with Crippen molar-refractivity contribution in [1.82, 2.24) is 9.78 Å². The number of hydrogen-bond donors (Lipinski definition) is 2. The van der Waals surface area contributed by atoms with Crippen LogP contribution in [0.3, 0.4) is 0 Å². The summed E-state index contributed by atoms with van der Waals surface area (Å²) in [7, 11) is 0. The normalized spacial score (nSPS) is 12.3. The maximum Gasteiger partial charge on any atom is 0.163 e. The highest BCUT2D eigenvalue weighted by molar-refractivity contribution is 6.31. The van der Waals surface area contributed by atoms with Crippen LogP contribution in [0.25, 0.3) is 16.9 Å². The number of benzene rings is 3. The van der Waals surface area contributed by atoms with Gasteiger partial charge in [-0.25, -0.2) is 4.68 Å². The number of ether oxygens (including phenoxy) is 2. The molecule has 33 heavy (non-hydrogen) atoms. The molecule has 0 unspecified atom stereocenters. The fraction of sp³-hybridized carbons (Fsp3) is 0.192. The van der Waals surface area contributed by atoms with E-state index in [1.54, 1.807) is 16.9 Å². The van der Waals surface area contributed by atoms with Gasteiger partial charge in [-0.2, -0.15) is 5.10 Å². The maximum atomic E-state index is 10.6. The molecule has 4 aromatic rings. The molecular formula is C26H25ClN2O4. The standard InChI is InChI=1S/C25H21ClN2O4.CH4/c26-20-4-2-1-3-16(20)5-6-17-13-19(23(30)15-22(17)29)21-9-10-27-28(21)18-7-8-24-25(14-18)32-12-11-31-24;/h1-4,7-10,13-15,29-30H,5-6,11-12H2;1H4. The van der Waals surface area contributed by atoms with Crippen LogP contribution in [0.2, 0.25) is 5.02 Å². The number of rotatable bonds is 5. The van der Waals surface area contributed by atoms with Crippen molar-refractivity contribution in [3.8, 4) is 39.9 Å². The van der Waals surface area contributed by atoms with Gasteiger partial charge in [-0.15, -0.1) is 0 Å². The molecule has 0 atom stereocenters. The molecule has 0 bridgehead atoms. The summed E-state index contributed by atoms with van der Waals surface area (Å²) in [6.07, 6.45) is 2.90. The van der Waals surface area contributed by atoms with Gasteiger partial charge in [0.2, 0.25) is 0 Å². The molecule has 170 valence electrons. The summed E-state index contributed by atoms with van der Waals surface area (Å²) < 4.78 is 13.0. The molecule has 5 rings (SSSR count). The topological polar surface area (TPSA) is 76.7 Å². The number of phenols is 2. The molecule has 0 saturated heterocycles. The summed E-state index contributed by atoms with van der Waals surface area (Å²) >= 11 is 6.27. The van der Waals surface area contributed by atoms with Gasteiger partial charge in [0.15, 0.2) is 11.5 Å². The van der Waals surface area contributed by atoms with Crippen LogP contribution in [0.5, 0.6) is 23.0 Å². The summed E-state index contributed by atoms with van der Waals surface area (Å²) in [5, 5.41) is 26.2. The van der Waals surface area contributed by atoms with Crippen LogP contribution in [0.15, 0.2) is 66.9 Å². The summed E-state index contributed by atoms with van der Waals surface area (Å²) in [5.74, 6) is 1.38. The minimum Gasteiger partial charge on any atom is -0.508 e. The van der Waals surface area contributed by atoms with Crippen LogP contribution >= 0.6 is 11.6 Å². The SMILES string of the molecule is C.Oc1cc(O)c(-c2ccnn2-c2ccc3c(c2)OCCO3)cc1CCc1ccccc1Cl. The molecule has 1 aliphatic heterocycles.